The van der Waals surface area contributed by atoms with Gasteiger partial charge in [-0.3, -0.25) is 10.1 Å². The third kappa shape index (κ3) is 2.54. The van der Waals surface area contributed by atoms with Crippen LogP contribution >= 0.6 is 0 Å². The molecule has 2 aromatic carbocycles. The van der Waals surface area contributed by atoms with Gasteiger partial charge in [-0.2, -0.15) is 4.31 Å². The summed E-state index contributed by atoms with van der Waals surface area (Å²) in [6.45, 7) is 0. The molecule has 0 spiro atoms. The summed E-state index contributed by atoms with van der Waals surface area (Å²) in [6, 6.07) is 6.93. The molecule has 2 aromatic rings. The largest absolute Gasteiger partial charge is 0.377 e. The van der Waals surface area contributed by atoms with Crippen molar-refractivity contribution in [2.24, 2.45) is 0 Å². The number of fused-ring (bicyclic) bond motifs is 2. The Morgan fingerprint density at radius 1 is 0.964 bits per heavy atom. The highest BCUT2D eigenvalue weighted by atomic mass is 32.2. The van der Waals surface area contributed by atoms with Crippen molar-refractivity contribution in [2.75, 3.05) is 19.0 Å². The first-order valence-electron chi connectivity index (χ1n) is 8.37. The minimum absolute atomic E-state index is 0.0928. The number of anilines is 1. The van der Waals surface area contributed by atoms with Gasteiger partial charge >= 0.3 is 12.1 Å². The molecule has 0 radical (unpaired) electrons. The Hall–Kier alpha value is -3.34. The first-order chi connectivity index (χ1) is 13.2. The molecule has 10 nitrogen and oxygen atoms in total. The van der Waals surface area contributed by atoms with Crippen LogP contribution in [0.25, 0.3) is 10.8 Å². The number of urea groups is 2. The van der Waals surface area contributed by atoms with E-state index in [9.17, 15) is 22.8 Å². The molecule has 2 heterocycles. The number of sulfonamides is 1. The Bertz CT molecular complexity index is 1130. The topological polar surface area (TPSA) is 128 Å². The molecule has 0 unspecified atom stereocenters. The summed E-state index contributed by atoms with van der Waals surface area (Å²) in [5, 5.41) is 7.75. The molecular weight excluding hydrogens is 386 g/mol. The van der Waals surface area contributed by atoms with Crippen molar-refractivity contribution in [3.63, 3.8) is 0 Å². The smallest absolute Gasteiger partial charge is 0.334 e. The molecule has 5 amide bonds. The van der Waals surface area contributed by atoms with Crippen molar-refractivity contribution in [3.8, 4) is 0 Å². The molecule has 2 atom stereocenters. The zero-order valence-electron chi connectivity index (χ0n) is 15.0. The molecule has 28 heavy (non-hydrogen) atoms. The Kier molecular flexibility index (Phi) is 3.93. The minimum atomic E-state index is -4.37. The number of carbonyl (C=O) groups excluding carboxylic acids is 3. The number of benzene rings is 2. The lowest BCUT2D eigenvalue weighted by Gasteiger charge is -2.29. The van der Waals surface area contributed by atoms with E-state index in [-0.39, 0.29) is 4.90 Å². The average molecular weight is 403 g/mol. The second kappa shape index (κ2) is 6.09. The number of rotatable bonds is 3. The molecule has 2 fully saturated rings. The summed E-state index contributed by atoms with van der Waals surface area (Å²) < 4.78 is 27.3. The van der Waals surface area contributed by atoms with Crippen LogP contribution in [0.15, 0.2) is 41.3 Å². The fourth-order valence-corrected chi connectivity index (χ4v) is 5.16. The van der Waals surface area contributed by atoms with E-state index in [2.05, 4.69) is 10.6 Å². The minimum Gasteiger partial charge on any atom is -0.377 e. The number of nitrogens with zero attached hydrogens (tertiary/aromatic N) is 2. The van der Waals surface area contributed by atoms with E-state index >= 15 is 0 Å². The van der Waals surface area contributed by atoms with Crippen LogP contribution in [-0.2, 0) is 14.8 Å². The van der Waals surface area contributed by atoms with Crippen molar-refractivity contribution in [1.29, 1.82) is 0 Å². The lowest BCUT2D eigenvalue weighted by Crippen LogP contribution is -2.65. The maximum absolute atomic E-state index is 13.4. The molecule has 0 saturated carbocycles. The number of carbonyl (C=O) groups is 3. The SMILES string of the molecule is CN(C)c1cccc2c(S(=O)(=O)N3C(=O)N[C@@H]4C(=O)NC(=O)N[C@@H]43)cccc12. The van der Waals surface area contributed by atoms with Gasteiger partial charge in [-0.25, -0.2) is 18.0 Å². The van der Waals surface area contributed by atoms with Gasteiger partial charge in [0.15, 0.2) is 12.2 Å². The lowest BCUT2D eigenvalue weighted by molar-refractivity contribution is -0.123. The Morgan fingerprint density at radius 2 is 1.64 bits per heavy atom. The highest BCUT2D eigenvalue weighted by Gasteiger charge is 2.53. The Morgan fingerprint density at radius 3 is 2.36 bits per heavy atom. The first kappa shape index (κ1) is 18.0. The van der Waals surface area contributed by atoms with Crippen LogP contribution in [0.1, 0.15) is 0 Å². The zero-order valence-corrected chi connectivity index (χ0v) is 15.8. The van der Waals surface area contributed by atoms with E-state index < -0.39 is 40.2 Å². The van der Waals surface area contributed by atoms with Crippen LogP contribution in [-0.4, -0.2) is 57.0 Å². The molecule has 0 bridgehead atoms. The van der Waals surface area contributed by atoms with Crippen LogP contribution in [0, 0.1) is 0 Å². The van der Waals surface area contributed by atoms with E-state index in [1.165, 1.54) is 6.07 Å². The van der Waals surface area contributed by atoms with Crippen LogP contribution in [0.2, 0.25) is 0 Å². The molecule has 11 heteroatoms. The first-order valence-corrected chi connectivity index (χ1v) is 9.81. The molecule has 2 saturated heterocycles. The van der Waals surface area contributed by atoms with Crippen LogP contribution in [0.3, 0.4) is 0 Å². The summed E-state index contributed by atoms with van der Waals surface area (Å²) in [7, 11) is -0.690. The van der Waals surface area contributed by atoms with Gasteiger partial charge in [0.2, 0.25) is 0 Å². The predicted molar refractivity (Wildman–Crippen MR) is 100 cm³/mol. The quantitative estimate of drug-likeness (QED) is 0.670. The number of hydrogen-bond acceptors (Lipinski definition) is 6. The van der Waals surface area contributed by atoms with Crippen LogP contribution < -0.4 is 20.9 Å². The molecule has 2 aliphatic rings. The van der Waals surface area contributed by atoms with Gasteiger partial charge in [-0.15, -0.1) is 0 Å². The molecule has 0 aromatic heterocycles. The summed E-state index contributed by atoms with van der Waals surface area (Å²) in [6.07, 6.45) is -1.34. The lowest BCUT2D eigenvalue weighted by atomic mass is 10.1. The highest BCUT2D eigenvalue weighted by Crippen LogP contribution is 2.33. The van der Waals surface area contributed by atoms with E-state index in [1.54, 1.807) is 24.3 Å². The normalized spacial score (nSPS) is 21.8. The van der Waals surface area contributed by atoms with Gasteiger partial charge in [0.1, 0.15) is 0 Å². The second-order valence-corrected chi connectivity index (χ2v) is 8.44. The summed E-state index contributed by atoms with van der Waals surface area (Å²) >= 11 is 0. The molecule has 0 aliphatic carbocycles. The number of nitrogens with one attached hydrogen (secondary N) is 3. The number of hydrogen-bond donors (Lipinski definition) is 3. The maximum atomic E-state index is 13.4. The predicted octanol–water partition coefficient (Wildman–Crippen LogP) is 0.154. The van der Waals surface area contributed by atoms with Crippen molar-refractivity contribution in [3.05, 3.63) is 36.4 Å². The molecule has 146 valence electrons. The maximum Gasteiger partial charge on any atom is 0.334 e. The van der Waals surface area contributed by atoms with Crippen molar-refractivity contribution >= 4 is 44.5 Å². The molecule has 3 N–H and O–H groups in total. The molecule has 2 aliphatic heterocycles. The van der Waals surface area contributed by atoms with Gasteiger partial charge in [0.25, 0.3) is 15.9 Å². The van der Waals surface area contributed by atoms with Gasteiger partial charge in [0.05, 0.1) is 4.90 Å². The summed E-state index contributed by atoms with van der Waals surface area (Å²) in [5.41, 5.74) is 0.809. The van der Waals surface area contributed by atoms with Crippen molar-refractivity contribution in [2.45, 2.75) is 17.1 Å². The summed E-state index contributed by atoms with van der Waals surface area (Å²) in [4.78, 5) is 37.8. The van der Waals surface area contributed by atoms with Gasteiger partial charge < -0.3 is 15.5 Å². The summed E-state index contributed by atoms with van der Waals surface area (Å²) in [5.74, 6) is -0.771. The third-order valence-corrected chi connectivity index (χ3v) is 6.55. The van der Waals surface area contributed by atoms with E-state index in [0.717, 1.165) is 5.69 Å². The van der Waals surface area contributed by atoms with Crippen molar-refractivity contribution in [1.82, 2.24) is 20.3 Å². The van der Waals surface area contributed by atoms with Crippen LogP contribution in [0.4, 0.5) is 15.3 Å². The zero-order chi connectivity index (χ0) is 20.2. The fraction of sp³-hybridized carbons (Fsp3) is 0.235. The monoisotopic (exact) mass is 403 g/mol. The Labute approximate surface area is 160 Å². The van der Waals surface area contributed by atoms with Gasteiger partial charge in [0, 0.05) is 30.6 Å². The van der Waals surface area contributed by atoms with Gasteiger partial charge in [-0.1, -0.05) is 24.3 Å². The number of imide groups is 1. The fourth-order valence-electron chi connectivity index (χ4n) is 3.49. The van der Waals surface area contributed by atoms with Gasteiger partial charge in [-0.05, 0) is 12.1 Å². The second-order valence-electron chi connectivity index (χ2n) is 6.66. The third-order valence-electron chi connectivity index (χ3n) is 4.72. The molecular formula is C17H17N5O5S. The standard InChI is InChI=1S/C17H17N5O5S/c1-21(2)11-7-3-6-10-9(11)5-4-8-12(10)28(26,27)22-14-13(18-17(22)25)15(23)20-16(24)19-14/h3-8,13-14H,1-2H3,(H,18,25)(H2,19,20,23,24)/t13-,14+/m0/s1. The van der Waals surface area contributed by atoms with Crippen molar-refractivity contribution < 1.29 is 22.8 Å². The van der Waals surface area contributed by atoms with E-state index in [0.29, 0.717) is 15.1 Å². The van der Waals surface area contributed by atoms with E-state index in [4.69, 9.17) is 0 Å². The number of amides is 5. The average Bonchev–Trinajstić information content (AvgIpc) is 2.97. The molecule has 4 rings (SSSR count). The Balaban J connectivity index is 1.87. The van der Waals surface area contributed by atoms with E-state index in [1.807, 2.05) is 30.4 Å². The van der Waals surface area contributed by atoms with Crippen LogP contribution in [0.5, 0.6) is 0 Å². The highest BCUT2D eigenvalue weighted by molar-refractivity contribution is 7.90.